The number of amides is 1. The predicted octanol–water partition coefficient (Wildman–Crippen LogP) is 3.24. The molecule has 0 spiro atoms. The van der Waals surface area contributed by atoms with Crippen LogP contribution in [0.4, 0.5) is 0 Å². The van der Waals surface area contributed by atoms with Crippen LogP contribution in [0.3, 0.4) is 0 Å². The summed E-state index contributed by atoms with van der Waals surface area (Å²) in [6.07, 6.45) is 1.71. The van der Waals surface area contributed by atoms with Crippen LogP contribution in [-0.2, 0) is 0 Å². The van der Waals surface area contributed by atoms with E-state index in [0.717, 1.165) is 24.0 Å². The van der Waals surface area contributed by atoms with E-state index in [1.807, 2.05) is 61.5 Å². The molecule has 2 N–H and O–H groups in total. The highest BCUT2D eigenvalue weighted by Crippen LogP contribution is 2.19. The topological polar surface area (TPSA) is 49.3 Å². The van der Waals surface area contributed by atoms with Crippen molar-refractivity contribution in [2.45, 2.75) is 25.8 Å². The predicted molar refractivity (Wildman–Crippen MR) is 85.1 cm³/mol. The zero-order valence-corrected chi connectivity index (χ0v) is 12.3. The van der Waals surface area contributed by atoms with Gasteiger partial charge in [0.05, 0.1) is 12.6 Å². The summed E-state index contributed by atoms with van der Waals surface area (Å²) in [6, 6.07) is 17.4. The second-order valence-electron chi connectivity index (χ2n) is 5.09. The first kappa shape index (κ1) is 15.3. The quantitative estimate of drug-likeness (QED) is 0.855. The molecule has 0 bridgehead atoms. The molecule has 0 radical (unpaired) electrons. The van der Waals surface area contributed by atoms with Crippen molar-refractivity contribution in [2.75, 3.05) is 6.61 Å². The first-order valence-electron chi connectivity index (χ1n) is 7.31. The second-order valence-corrected chi connectivity index (χ2v) is 5.09. The number of hydrogen-bond donors (Lipinski definition) is 2. The van der Waals surface area contributed by atoms with Crippen LogP contribution in [0.15, 0.2) is 54.6 Å². The van der Waals surface area contributed by atoms with E-state index >= 15 is 0 Å². The Morgan fingerprint density at radius 1 is 1.05 bits per heavy atom. The van der Waals surface area contributed by atoms with Crippen LogP contribution in [0.2, 0.25) is 0 Å². The Morgan fingerprint density at radius 3 is 2.24 bits per heavy atom. The number of nitrogens with one attached hydrogen (secondary N) is 1. The SMILES string of the molecule is CCC[C@@H](CO)NC(=O)c1ccc(-c2ccccc2)cc1. The van der Waals surface area contributed by atoms with E-state index in [1.54, 1.807) is 0 Å². The van der Waals surface area contributed by atoms with E-state index < -0.39 is 0 Å². The van der Waals surface area contributed by atoms with Crippen LogP contribution in [0.1, 0.15) is 30.1 Å². The molecule has 0 saturated heterocycles. The lowest BCUT2D eigenvalue weighted by Gasteiger charge is -2.15. The van der Waals surface area contributed by atoms with Crippen molar-refractivity contribution < 1.29 is 9.90 Å². The van der Waals surface area contributed by atoms with Crippen molar-refractivity contribution in [3.05, 3.63) is 60.2 Å². The fraction of sp³-hybridized carbons (Fsp3) is 0.278. The Morgan fingerprint density at radius 2 is 1.67 bits per heavy atom. The first-order chi connectivity index (χ1) is 10.2. The molecule has 0 aliphatic heterocycles. The summed E-state index contributed by atoms with van der Waals surface area (Å²) in [4.78, 5) is 12.1. The number of hydrogen-bond acceptors (Lipinski definition) is 2. The molecule has 0 saturated carbocycles. The fourth-order valence-corrected chi connectivity index (χ4v) is 2.27. The highest BCUT2D eigenvalue weighted by Gasteiger charge is 2.12. The minimum Gasteiger partial charge on any atom is -0.394 e. The van der Waals surface area contributed by atoms with Crippen molar-refractivity contribution >= 4 is 5.91 Å². The van der Waals surface area contributed by atoms with Gasteiger partial charge in [0.2, 0.25) is 0 Å². The molecule has 1 amide bonds. The molecular weight excluding hydrogens is 262 g/mol. The van der Waals surface area contributed by atoms with E-state index in [2.05, 4.69) is 5.32 Å². The highest BCUT2D eigenvalue weighted by molar-refractivity contribution is 5.94. The smallest absolute Gasteiger partial charge is 0.251 e. The molecule has 21 heavy (non-hydrogen) atoms. The van der Waals surface area contributed by atoms with Crippen LogP contribution < -0.4 is 5.32 Å². The Hall–Kier alpha value is -2.13. The molecule has 0 aliphatic carbocycles. The Labute approximate surface area is 125 Å². The molecule has 2 aromatic rings. The molecule has 3 heteroatoms. The van der Waals surface area contributed by atoms with Crippen molar-refractivity contribution in [2.24, 2.45) is 0 Å². The number of benzene rings is 2. The van der Waals surface area contributed by atoms with Crippen molar-refractivity contribution in [3.63, 3.8) is 0 Å². The lowest BCUT2D eigenvalue weighted by Crippen LogP contribution is -2.37. The first-order valence-corrected chi connectivity index (χ1v) is 7.31. The number of rotatable bonds is 6. The summed E-state index contributed by atoms with van der Waals surface area (Å²) < 4.78 is 0. The van der Waals surface area contributed by atoms with Crippen LogP contribution >= 0.6 is 0 Å². The van der Waals surface area contributed by atoms with E-state index in [4.69, 9.17) is 0 Å². The summed E-state index contributed by atoms with van der Waals surface area (Å²) in [5.74, 6) is -0.137. The molecule has 2 rings (SSSR count). The van der Waals surface area contributed by atoms with E-state index in [9.17, 15) is 9.90 Å². The van der Waals surface area contributed by atoms with Gasteiger partial charge in [-0.15, -0.1) is 0 Å². The zero-order valence-electron chi connectivity index (χ0n) is 12.3. The summed E-state index contributed by atoms with van der Waals surface area (Å²) in [5.41, 5.74) is 2.83. The summed E-state index contributed by atoms with van der Waals surface area (Å²) in [7, 11) is 0. The van der Waals surface area contributed by atoms with E-state index in [-0.39, 0.29) is 18.6 Å². The molecule has 1 atom stereocenters. The summed E-state index contributed by atoms with van der Waals surface area (Å²) >= 11 is 0. The maximum Gasteiger partial charge on any atom is 0.251 e. The Balaban J connectivity index is 2.06. The van der Waals surface area contributed by atoms with Crippen molar-refractivity contribution in [1.82, 2.24) is 5.32 Å². The molecule has 110 valence electrons. The standard InChI is InChI=1S/C18H21NO2/c1-2-6-17(13-20)19-18(21)16-11-9-15(10-12-16)14-7-4-3-5-8-14/h3-5,7-12,17,20H,2,6,13H2,1H3,(H,19,21)/t17-/m0/s1. The number of aliphatic hydroxyl groups is 1. The minimum atomic E-state index is -0.170. The van der Waals surface area contributed by atoms with Gasteiger partial charge >= 0.3 is 0 Å². The normalized spacial score (nSPS) is 11.9. The monoisotopic (exact) mass is 283 g/mol. The van der Waals surface area contributed by atoms with Gasteiger partial charge in [-0.05, 0) is 29.7 Å². The molecule has 0 fully saturated rings. The average Bonchev–Trinajstić information content (AvgIpc) is 2.55. The average molecular weight is 283 g/mol. The van der Waals surface area contributed by atoms with Crippen LogP contribution in [-0.4, -0.2) is 23.7 Å². The number of carbonyl (C=O) groups excluding carboxylic acids is 1. The van der Waals surface area contributed by atoms with Gasteiger partial charge in [-0.25, -0.2) is 0 Å². The second kappa shape index (κ2) is 7.60. The van der Waals surface area contributed by atoms with Gasteiger partial charge in [0.1, 0.15) is 0 Å². The molecule has 0 heterocycles. The van der Waals surface area contributed by atoms with Gasteiger partial charge < -0.3 is 10.4 Å². The molecule has 2 aromatic carbocycles. The fourth-order valence-electron chi connectivity index (χ4n) is 2.27. The number of aliphatic hydroxyl groups excluding tert-OH is 1. The third-order valence-electron chi connectivity index (χ3n) is 3.45. The van der Waals surface area contributed by atoms with Gasteiger partial charge in [-0.2, -0.15) is 0 Å². The van der Waals surface area contributed by atoms with Gasteiger partial charge in [0.15, 0.2) is 0 Å². The molecule has 0 unspecified atom stereocenters. The van der Waals surface area contributed by atoms with Gasteiger partial charge in [0, 0.05) is 5.56 Å². The largest absolute Gasteiger partial charge is 0.394 e. The Bertz CT molecular complexity index is 564. The van der Waals surface area contributed by atoms with Crippen molar-refractivity contribution in [3.8, 4) is 11.1 Å². The third-order valence-corrected chi connectivity index (χ3v) is 3.45. The highest BCUT2D eigenvalue weighted by atomic mass is 16.3. The van der Waals surface area contributed by atoms with Crippen LogP contribution in [0, 0.1) is 0 Å². The van der Waals surface area contributed by atoms with E-state index in [0.29, 0.717) is 5.56 Å². The van der Waals surface area contributed by atoms with Crippen molar-refractivity contribution in [1.29, 1.82) is 0 Å². The minimum absolute atomic E-state index is 0.0261. The van der Waals surface area contributed by atoms with E-state index in [1.165, 1.54) is 0 Å². The maximum absolute atomic E-state index is 12.1. The van der Waals surface area contributed by atoms with Crippen LogP contribution in [0.25, 0.3) is 11.1 Å². The van der Waals surface area contributed by atoms with Gasteiger partial charge in [0.25, 0.3) is 5.91 Å². The summed E-state index contributed by atoms with van der Waals surface area (Å²) in [5, 5.41) is 12.1. The molecule has 3 nitrogen and oxygen atoms in total. The molecular formula is C18H21NO2. The lowest BCUT2D eigenvalue weighted by molar-refractivity contribution is 0.0913. The lowest BCUT2D eigenvalue weighted by atomic mass is 10.0. The third kappa shape index (κ3) is 4.17. The van der Waals surface area contributed by atoms with Crippen LogP contribution in [0.5, 0.6) is 0 Å². The summed E-state index contributed by atoms with van der Waals surface area (Å²) in [6.45, 7) is 2.01. The number of carbonyl (C=O) groups is 1. The Kier molecular flexibility index (Phi) is 5.52. The molecule has 0 aromatic heterocycles. The van der Waals surface area contributed by atoms with Gasteiger partial charge in [-0.3, -0.25) is 4.79 Å². The zero-order chi connectivity index (χ0) is 15.1. The molecule has 0 aliphatic rings. The van der Waals surface area contributed by atoms with Gasteiger partial charge in [-0.1, -0.05) is 55.8 Å². The maximum atomic E-state index is 12.1.